The van der Waals surface area contributed by atoms with Crippen LogP contribution in [0.3, 0.4) is 0 Å². The van der Waals surface area contributed by atoms with Crippen LogP contribution in [0.15, 0.2) is 30.9 Å². The number of carbonyl (C=O) groups is 1. The van der Waals surface area contributed by atoms with Crippen molar-refractivity contribution in [2.45, 2.75) is 20.3 Å². The average Bonchev–Trinajstić information content (AvgIpc) is 2.31. The van der Waals surface area contributed by atoms with Crippen LogP contribution < -0.4 is 0 Å². The second kappa shape index (κ2) is 6.09. The van der Waals surface area contributed by atoms with Gasteiger partial charge in [0.15, 0.2) is 0 Å². The number of aromatic hydroxyl groups is 1. The molecule has 0 aliphatic carbocycles. The maximum atomic E-state index is 12.2. The van der Waals surface area contributed by atoms with E-state index in [0.29, 0.717) is 24.2 Å². The van der Waals surface area contributed by atoms with Gasteiger partial charge in [0.25, 0.3) is 5.91 Å². The summed E-state index contributed by atoms with van der Waals surface area (Å²) in [5.41, 5.74) is 1.08. The van der Waals surface area contributed by atoms with Crippen LogP contribution >= 0.6 is 0 Å². The number of rotatable bonds is 5. The minimum absolute atomic E-state index is 0.0719. The molecule has 0 saturated heterocycles. The molecule has 3 nitrogen and oxygen atoms in total. The molecule has 1 aromatic carbocycles. The summed E-state index contributed by atoms with van der Waals surface area (Å²) in [5.74, 6) is -0.0735. The Bertz CT molecular complexity index is 413. The highest BCUT2D eigenvalue weighted by molar-refractivity contribution is 5.97. The molecular formula is C14H19NO2. The Morgan fingerprint density at radius 1 is 1.53 bits per heavy atom. The first-order valence-electron chi connectivity index (χ1n) is 5.80. The van der Waals surface area contributed by atoms with Crippen molar-refractivity contribution in [3.8, 4) is 5.75 Å². The molecule has 17 heavy (non-hydrogen) atoms. The van der Waals surface area contributed by atoms with Gasteiger partial charge in [-0.15, -0.1) is 6.58 Å². The maximum Gasteiger partial charge on any atom is 0.257 e. The lowest BCUT2D eigenvalue weighted by Crippen LogP contribution is -2.32. The minimum atomic E-state index is -0.145. The van der Waals surface area contributed by atoms with E-state index in [4.69, 9.17) is 0 Å². The Hall–Kier alpha value is -1.77. The zero-order chi connectivity index (χ0) is 12.8. The number of amides is 1. The molecule has 1 N–H and O–H groups in total. The molecule has 0 fully saturated rings. The fourth-order valence-corrected chi connectivity index (χ4v) is 1.70. The van der Waals surface area contributed by atoms with Crippen LogP contribution in [-0.2, 0) is 0 Å². The van der Waals surface area contributed by atoms with Crippen LogP contribution in [-0.4, -0.2) is 29.0 Å². The Morgan fingerprint density at radius 3 is 2.82 bits per heavy atom. The number of carbonyl (C=O) groups excluding carboxylic acids is 1. The van der Waals surface area contributed by atoms with E-state index in [0.717, 1.165) is 6.42 Å². The summed E-state index contributed by atoms with van der Waals surface area (Å²) in [6.07, 6.45) is 2.58. The van der Waals surface area contributed by atoms with Crippen LogP contribution in [0.25, 0.3) is 0 Å². The van der Waals surface area contributed by atoms with E-state index in [1.54, 1.807) is 36.1 Å². The molecule has 0 spiro atoms. The van der Waals surface area contributed by atoms with E-state index >= 15 is 0 Å². The smallest absolute Gasteiger partial charge is 0.257 e. The molecular weight excluding hydrogens is 214 g/mol. The Balaban J connectivity index is 3.00. The van der Waals surface area contributed by atoms with Gasteiger partial charge in [0, 0.05) is 13.1 Å². The van der Waals surface area contributed by atoms with Crippen molar-refractivity contribution < 1.29 is 9.90 Å². The van der Waals surface area contributed by atoms with E-state index in [1.165, 1.54) is 0 Å². The monoisotopic (exact) mass is 233 g/mol. The first-order chi connectivity index (χ1) is 8.11. The maximum absolute atomic E-state index is 12.2. The van der Waals surface area contributed by atoms with Gasteiger partial charge < -0.3 is 10.0 Å². The molecule has 1 amide bonds. The highest BCUT2D eigenvalue weighted by Crippen LogP contribution is 2.22. The highest BCUT2D eigenvalue weighted by atomic mass is 16.3. The predicted octanol–water partition coefficient (Wildman–Crippen LogP) is 2.74. The fourth-order valence-electron chi connectivity index (χ4n) is 1.70. The first kappa shape index (κ1) is 13.3. The Kier molecular flexibility index (Phi) is 4.76. The molecule has 0 heterocycles. The molecule has 0 aromatic heterocycles. The summed E-state index contributed by atoms with van der Waals surface area (Å²) in [6, 6.07) is 5.21. The van der Waals surface area contributed by atoms with E-state index in [1.807, 2.05) is 6.92 Å². The van der Waals surface area contributed by atoms with Crippen molar-refractivity contribution in [3.05, 3.63) is 42.0 Å². The SMILES string of the molecule is C=CCN(CCC)C(=O)c1cccc(C)c1O. The molecule has 3 heteroatoms. The summed E-state index contributed by atoms with van der Waals surface area (Å²) >= 11 is 0. The number of aryl methyl sites for hydroxylation is 1. The Labute approximate surface area is 102 Å². The molecule has 0 atom stereocenters. The lowest BCUT2D eigenvalue weighted by Gasteiger charge is -2.21. The summed E-state index contributed by atoms with van der Waals surface area (Å²) in [4.78, 5) is 13.9. The number of nitrogens with zero attached hydrogens (tertiary/aromatic N) is 1. The van der Waals surface area contributed by atoms with Gasteiger partial charge in [-0.2, -0.15) is 0 Å². The van der Waals surface area contributed by atoms with Gasteiger partial charge in [-0.05, 0) is 25.0 Å². The van der Waals surface area contributed by atoms with Crippen molar-refractivity contribution in [2.24, 2.45) is 0 Å². The lowest BCUT2D eigenvalue weighted by molar-refractivity contribution is 0.0771. The third-order valence-corrected chi connectivity index (χ3v) is 2.60. The molecule has 0 bridgehead atoms. The van der Waals surface area contributed by atoms with Gasteiger partial charge in [0.05, 0.1) is 5.56 Å². The second-order valence-corrected chi connectivity index (χ2v) is 4.01. The second-order valence-electron chi connectivity index (χ2n) is 4.01. The van der Waals surface area contributed by atoms with Gasteiger partial charge in [-0.25, -0.2) is 0 Å². The van der Waals surface area contributed by atoms with Gasteiger partial charge in [-0.3, -0.25) is 4.79 Å². The molecule has 0 aliphatic rings. The summed E-state index contributed by atoms with van der Waals surface area (Å²) in [7, 11) is 0. The van der Waals surface area contributed by atoms with Gasteiger partial charge >= 0.3 is 0 Å². The molecule has 0 unspecified atom stereocenters. The summed E-state index contributed by atoms with van der Waals surface area (Å²) < 4.78 is 0. The fraction of sp³-hybridized carbons (Fsp3) is 0.357. The number of phenols is 1. The zero-order valence-electron chi connectivity index (χ0n) is 10.4. The van der Waals surface area contributed by atoms with Crippen LogP contribution in [0.4, 0.5) is 0 Å². The molecule has 92 valence electrons. The average molecular weight is 233 g/mol. The van der Waals surface area contributed by atoms with E-state index in [2.05, 4.69) is 6.58 Å². The number of para-hydroxylation sites is 1. The van der Waals surface area contributed by atoms with Crippen molar-refractivity contribution in [3.63, 3.8) is 0 Å². The number of benzene rings is 1. The van der Waals surface area contributed by atoms with Crippen molar-refractivity contribution in [1.29, 1.82) is 0 Å². The standard InChI is InChI=1S/C14H19NO2/c1-4-9-15(10-5-2)14(17)12-8-6-7-11(3)13(12)16/h4,6-8,16H,1,5,9-10H2,2-3H3. The molecule has 0 radical (unpaired) electrons. The van der Waals surface area contributed by atoms with E-state index in [9.17, 15) is 9.90 Å². The number of phenolic OH excluding ortho intramolecular Hbond substituents is 1. The quantitative estimate of drug-likeness (QED) is 0.794. The van der Waals surface area contributed by atoms with E-state index < -0.39 is 0 Å². The van der Waals surface area contributed by atoms with Crippen LogP contribution in [0.1, 0.15) is 29.3 Å². The first-order valence-corrected chi connectivity index (χ1v) is 5.80. The zero-order valence-corrected chi connectivity index (χ0v) is 10.4. The molecule has 0 aliphatic heterocycles. The third-order valence-electron chi connectivity index (χ3n) is 2.60. The predicted molar refractivity (Wildman–Crippen MR) is 69.2 cm³/mol. The Morgan fingerprint density at radius 2 is 2.24 bits per heavy atom. The topological polar surface area (TPSA) is 40.5 Å². The summed E-state index contributed by atoms with van der Waals surface area (Å²) in [5, 5.41) is 9.88. The number of hydrogen-bond acceptors (Lipinski definition) is 2. The normalized spacial score (nSPS) is 10.0. The lowest BCUT2D eigenvalue weighted by atomic mass is 10.1. The van der Waals surface area contributed by atoms with Crippen molar-refractivity contribution in [2.75, 3.05) is 13.1 Å². The molecule has 1 aromatic rings. The summed E-state index contributed by atoms with van der Waals surface area (Å²) in [6.45, 7) is 8.60. The van der Waals surface area contributed by atoms with Gasteiger partial charge in [0.2, 0.25) is 0 Å². The van der Waals surface area contributed by atoms with Crippen LogP contribution in [0.5, 0.6) is 5.75 Å². The molecule has 0 saturated carbocycles. The largest absolute Gasteiger partial charge is 0.507 e. The highest BCUT2D eigenvalue weighted by Gasteiger charge is 2.17. The van der Waals surface area contributed by atoms with Crippen LogP contribution in [0, 0.1) is 6.92 Å². The van der Waals surface area contributed by atoms with Gasteiger partial charge in [-0.1, -0.05) is 25.1 Å². The minimum Gasteiger partial charge on any atom is -0.507 e. The van der Waals surface area contributed by atoms with Crippen molar-refractivity contribution in [1.82, 2.24) is 4.90 Å². The molecule has 1 rings (SSSR count). The van der Waals surface area contributed by atoms with Crippen molar-refractivity contribution >= 4 is 5.91 Å². The van der Waals surface area contributed by atoms with Gasteiger partial charge in [0.1, 0.15) is 5.75 Å². The van der Waals surface area contributed by atoms with E-state index in [-0.39, 0.29) is 11.7 Å². The van der Waals surface area contributed by atoms with Crippen LogP contribution in [0.2, 0.25) is 0 Å². The number of hydrogen-bond donors (Lipinski definition) is 1. The third kappa shape index (κ3) is 3.09.